The van der Waals surface area contributed by atoms with E-state index in [4.69, 9.17) is 0 Å². The number of amides is 3. The number of rotatable bonds is 2. The van der Waals surface area contributed by atoms with Gasteiger partial charge in [-0.1, -0.05) is 69.3 Å². The molecule has 1 saturated heterocycles. The number of aryl methyl sites for hydroxylation is 1. The molecule has 3 amide bonds. The van der Waals surface area contributed by atoms with Crippen molar-refractivity contribution in [3.8, 4) is 0 Å². The molecule has 4 nitrogen and oxygen atoms in total. The predicted molar refractivity (Wildman–Crippen MR) is 101 cm³/mol. The number of nitrogens with one attached hydrogen (secondary N) is 1. The van der Waals surface area contributed by atoms with E-state index < -0.39 is 5.54 Å². The number of carbonyl (C=O) groups excluding carboxylic acids is 2. The summed E-state index contributed by atoms with van der Waals surface area (Å²) < 4.78 is 0. The molecule has 0 aromatic heterocycles. The Labute approximate surface area is 154 Å². The van der Waals surface area contributed by atoms with Gasteiger partial charge < -0.3 is 5.32 Å². The Morgan fingerprint density at radius 3 is 2.42 bits per heavy atom. The maximum Gasteiger partial charge on any atom is 0.325 e. The zero-order valence-corrected chi connectivity index (χ0v) is 15.5. The van der Waals surface area contributed by atoms with Crippen molar-refractivity contribution in [2.24, 2.45) is 0 Å². The minimum Gasteiger partial charge on any atom is -0.319 e. The number of imide groups is 1. The van der Waals surface area contributed by atoms with E-state index in [0.717, 1.165) is 23.1 Å². The Morgan fingerprint density at radius 2 is 1.73 bits per heavy atom. The van der Waals surface area contributed by atoms with Crippen LogP contribution < -0.4 is 5.32 Å². The van der Waals surface area contributed by atoms with Crippen molar-refractivity contribution in [1.82, 2.24) is 10.2 Å². The van der Waals surface area contributed by atoms with E-state index in [2.05, 4.69) is 38.2 Å². The first-order valence-electron chi connectivity index (χ1n) is 9.13. The monoisotopic (exact) mass is 348 g/mol. The summed E-state index contributed by atoms with van der Waals surface area (Å²) in [6.07, 6.45) is 1.45. The van der Waals surface area contributed by atoms with Gasteiger partial charge in [0.05, 0.1) is 6.54 Å². The molecule has 134 valence electrons. The summed E-state index contributed by atoms with van der Waals surface area (Å²) in [6, 6.07) is 15.8. The number of nitrogens with zero attached hydrogens (tertiary/aromatic N) is 1. The van der Waals surface area contributed by atoms with E-state index in [-0.39, 0.29) is 17.4 Å². The highest BCUT2D eigenvalue weighted by atomic mass is 16.2. The van der Waals surface area contributed by atoms with Crippen LogP contribution in [0, 0.1) is 0 Å². The van der Waals surface area contributed by atoms with E-state index >= 15 is 0 Å². The second-order valence-corrected chi connectivity index (χ2v) is 8.33. The molecular weight excluding hydrogens is 324 g/mol. The lowest BCUT2D eigenvalue weighted by Crippen LogP contribution is -2.41. The molecule has 1 unspecified atom stereocenters. The third-order valence-electron chi connectivity index (χ3n) is 5.58. The SMILES string of the molecule is CC(C)(C)c1ccc(CN2C(=O)NC3(CCc4ccccc43)C2=O)cc1. The van der Waals surface area contributed by atoms with Crippen LogP contribution in [0.1, 0.15) is 49.4 Å². The van der Waals surface area contributed by atoms with Crippen LogP contribution in [0.5, 0.6) is 0 Å². The summed E-state index contributed by atoms with van der Waals surface area (Å²) in [5, 5.41) is 2.98. The molecule has 0 bridgehead atoms. The van der Waals surface area contributed by atoms with Gasteiger partial charge in [-0.05, 0) is 40.5 Å². The largest absolute Gasteiger partial charge is 0.325 e. The van der Waals surface area contributed by atoms with Crippen molar-refractivity contribution >= 4 is 11.9 Å². The van der Waals surface area contributed by atoms with Crippen LogP contribution in [0.25, 0.3) is 0 Å². The first-order chi connectivity index (χ1) is 12.3. The highest BCUT2D eigenvalue weighted by Gasteiger charge is 2.55. The van der Waals surface area contributed by atoms with Crippen LogP contribution in [0.15, 0.2) is 48.5 Å². The van der Waals surface area contributed by atoms with Crippen LogP contribution in [-0.2, 0) is 28.7 Å². The third-order valence-corrected chi connectivity index (χ3v) is 5.58. The summed E-state index contributed by atoms with van der Waals surface area (Å²) in [6.45, 7) is 6.81. The molecule has 1 aliphatic carbocycles. The van der Waals surface area contributed by atoms with Crippen molar-refractivity contribution < 1.29 is 9.59 Å². The summed E-state index contributed by atoms with van der Waals surface area (Å²) in [5.41, 5.74) is 3.50. The fourth-order valence-electron chi connectivity index (χ4n) is 4.03. The zero-order valence-electron chi connectivity index (χ0n) is 15.5. The Hall–Kier alpha value is -2.62. The molecule has 2 aliphatic rings. The van der Waals surface area contributed by atoms with E-state index in [1.54, 1.807) is 0 Å². The van der Waals surface area contributed by atoms with Gasteiger partial charge in [0, 0.05) is 0 Å². The van der Waals surface area contributed by atoms with E-state index in [1.807, 2.05) is 36.4 Å². The average molecular weight is 348 g/mol. The van der Waals surface area contributed by atoms with Gasteiger partial charge in [-0.15, -0.1) is 0 Å². The second-order valence-electron chi connectivity index (χ2n) is 8.33. The first kappa shape index (κ1) is 16.8. The molecule has 2 aromatic rings. The fourth-order valence-corrected chi connectivity index (χ4v) is 4.03. The Morgan fingerprint density at radius 1 is 1.04 bits per heavy atom. The van der Waals surface area contributed by atoms with Crippen molar-refractivity contribution in [1.29, 1.82) is 0 Å². The van der Waals surface area contributed by atoms with Crippen LogP contribution in [0.3, 0.4) is 0 Å². The van der Waals surface area contributed by atoms with Crippen LogP contribution in [-0.4, -0.2) is 16.8 Å². The van der Waals surface area contributed by atoms with E-state index in [1.165, 1.54) is 10.5 Å². The Kier molecular flexibility index (Phi) is 3.69. The molecule has 0 saturated carbocycles. The van der Waals surface area contributed by atoms with E-state index in [9.17, 15) is 9.59 Å². The van der Waals surface area contributed by atoms with Crippen molar-refractivity contribution in [2.75, 3.05) is 0 Å². The second kappa shape index (κ2) is 5.70. The Balaban J connectivity index is 1.60. The number of carbonyl (C=O) groups is 2. The maximum absolute atomic E-state index is 13.2. The number of benzene rings is 2. The molecule has 1 fully saturated rings. The molecule has 1 atom stereocenters. The molecule has 2 aromatic carbocycles. The van der Waals surface area contributed by atoms with Gasteiger partial charge in [-0.3, -0.25) is 9.69 Å². The van der Waals surface area contributed by atoms with Gasteiger partial charge >= 0.3 is 6.03 Å². The summed E-state index contributed by atoms with van der Waals surface area (Å²) in [7, 11) is 0. The molecule has 4 rings (SSSR count). The molecule has 0 radical (unpaired) electrons. The number of hydrogen-bond donors (Lipinski definition) is 1. The summed E-state index contributed by atoms with van der Waals surface area (Å²) >= 11 is 0. The molecule has 1 N–H and O–H groups in total. The average Bonchev–Trinajstić information content (AvgIpc) is 3.09. The van der Waals surface area contributed by atoms with Gasteiger partial charge in [-0.25, -0.2) is 4.79 Å². The van der Waals surface area contributed by atoms with E-state index in [0.29, 0.717) is 13.0 Å². The van der Waals surface area contributed by atoms with Crippen LogP contribution >= 0.6 is 0 Å². The normalized spacial score (nSPS) is 22.0. The fraction of sp³-hybridized carbons (Fsp3) is 0.364. The lowest BCUT2D eigenvalue weighted by molar-refractivity contribution is -0.132. The highest BCUT2D eigenvalue weighted by molar-refractivity contribution is 6.08. The predicted octanol–water partition coefficient (Wildman–Crippen LogP) is 3.88. The minimum absolute atomic E-state index is 0.0803. The maximum atomic E-state index is 13.2. The molecule has 1 heterocycles. The van der Waals surface area contributed by atoms with Crippen molar-refractivity contribution in [2.45, 2.75) is 51.1 Å². The lowest BCUT2D eigenvalue weighted by Gasteiger charge is -2.22. The molecule has 1 spiro atoms. The van der Waals surface area contributed by atoms with Gasteiger partial charge in [0.25, 0.3) is 5.91 Å². The zero-order chi connectivity index (χ0) is 18.5. The quantitative estimate of drug-likeness (QED) is 0.838. The molecule has 4 heteroatoms. The molecule has 26 heavy (non-hydrogen) atoms. The number of hydrogen-bond acceptors (Lipinski definition) is 2. The van der Waals surface area contributed by atoms with Crippen molar-refractivity contribution in [3.63, 3.8) is 0 Å². The molecular formula is C22H24N2O2. The summed E-state index contributed by atoms with van der Waals surface area (Å²) in [5.74, 6) is -0.132. The molecule has 1 aliphatic heterocycles. The third kappa shape index (κ3) is 2.52. The number of urea groups is 1. The van der Waals surface area contributed by atoms with Gasteiger partial charge in [0.15, 0.2) is 0 Å². The standard InChI is InChI=1S/C22H24N2O2/c1-21(2,3)17-10-8-15(9-11-17)14-24-19(25)22(23-20(24)26)13-12-16-6-4-5-7-18(16)22/h4-11H,12-14H2,1-3H3,(H,23,26). The number of fused-ring (bicyclic) bond motifs is 2. The van der Waals surface area contributed by atoms with Crippen LogP contribution in [0.4, 0.5) is 4.79 Å². The minimum atomic E-state index is -0.876. The van der Waals surface area contributed by atoms with Gasteiger partial charge in [-0.2, -0.15) is 0 Å². The summed E-state index contributed by atoms with van der Waals surface area (Å²) in [4.78, 5) is 27.1. The Bertz CT molecular complexity index is 880. The van der Waals surface area contributed by atoms with Crippen LogP contribution in [0.2, 0.25) is 0 Å². The topological polar surface area (TPSA) is 49.4 Å². The lowest BCUT2D eigenvalue weighted by atomic mass is 9.86. The highest BCUT2D eigenvalue weighted by Crippen LogP contribution is 2.41. The smallest absolute Gasteiger partial charge is 0.319 e. The van der Waals surface area contributed by atoms with Crippen molar-refractivity contribution in [3.05, 3.63) is 70.8 Å². The van der Waals surface area contributed by atoms with Gasteiger partial charge in [0.2, 0.25) is 0 Å². The van der Waals surface area contributed by atoms with Gasteiger partial charge in [0.1, 0.15) is 5.54 Å². The first-order valence-corrected chi connectivity index (χ1v) is 9.13.